The Morgan fingerprint density at radius 1 is 1.08 bits per heavy atom. The summed E-state index contributed by atoms with van der Waals surface area (Å²) in [6, 6.07) is 10.4. The highest BCUT2D eigenvalue weighted by molar-refractivity contribution is 5.60. The second-order valence-electron chi connectivity index (χ2n) is 6.36. The molecule has 1 saturated heterocycles. The van der Waals surface area contributed by atoms with Crippen molar-refractivity contribution in [2.75, 3.05) is 55.8 Å². The molecule has 1 aromatic heterocycles. The number of anilines is 4. The molecule has 0 radical (unpaired) electrons. The fourth-order valence-electron chi connectivity index (χ4n) is 2.78. The van der Waals surface area contributed by atoms with Crippen LogP contribution in [0.4, 0.5) is 23.1 Å². The lowest BCUT2D eigenvalue weighted by Gasteiger charge is -2.17. The second kappa shape index (κ2) is 7.97. The maximum atomic E-state index is 4.50. The minimum Gasteiger partial charge on any atom is -0.372 e. The number of nitrogens with zero attached hydrogens (tertiary/aromatic N) is 4. The molecule has 2 aromatic rings. The Kier molecular flexibility index (Phi) is 5.48. The van der Waals surface area contributed by atoms with Gasteiger partial charge in [0.1, 0.15) is 5.82 Å². The molecule has 1 aromatic carbocycles. The molecule has 0 spiro atoms. The number of aromatic nitrogens is 2. The molecule has 24 heavy (non-hydrogen) atoms. The molecule has 1 fully saturated rings. The van der Waals surface area contributed by atoms with Crippen LogP contribution in [0.2, 0.25) is 0 Å². The molecule has 0 atom stereocenters. The van der Waals surface area contributed by atoms with Crippen LogP contribution in [0.5, 0.6) is 0 Å². The first-order valence-electron chi connectivity index (χ1n) is 8.54. The van der Waals surface area contributed by atoms with Gasteiger partial charge in [0.05, 0.1) is 0 Å². The molecule has 0 amide bonds. The quantitative estimate of drug-likeness (QED) is 0.816. The van der Waals surface area contributed by atoms with Gasteiger partial charge in [0.2, 0.25) is 5.95 Å². The highest BCUT2D eigenvalue weighted by Gasteiger charge is 2.11. The van der Waals surface area contributed by atoms with E-state index in [0.717, 1.165) is 37.7 Å². The number of hydrogen-bond acceptors (Lipinski definition) is 6. The van der Waals surface area contributed by atoms with Gasteiger partial charge in [-0.25, -0.2) is 4.98 Å². The third kappa shape index (κ3) is 4.58. The average molecular weight is 326 g/mol. The lowest BCUT2D eigenvalue weighted by molar-refractivity contribution is 0.425. The summed E-state index contributed by atoms with van der Waals surface area (Å²) in [4.78, 5) is 13.4. The molecule has 0 unspecified atom stereocenters. The summed E-state index contributed by atoms with van der Waals surface area (Å²) in [6.07, 6.45) is 4.36. The zero-order valence-electron chi connectivity index (χ0n) is 14.5. The predicted octanol–water partition coefficient (Wildman–Crippen LogP) is 2.79. The number of benzene rings is 1. The first-order valence-corrected chi connectivity index (χ1v) is 8.54. The van der Waals surface area contributed by atoms with E-state index in [-0.39, 0.29) is 0 Å². The van der Waals surface area contributed by atoms with E-state index in [1.165, 1.54) is 18.5 Å². The maximum Gasteiger partial charge on any atom is 0.229 e. The molecule has 0 saturated carbocycles. The number of likely N-dealkylation sites (N-methyl/N-ethyl adjacent to an activating group) is 1. The van der Waals surface area contributed by atoms with Crippen molar-refractivity contribution in [3.63, 3.8) is 0 Å². The van der Waals surface area contributed by atoms with E-state index in [1.807, 2.05) is 6.07 Å². The van der Waals surface area contributed by atoms with Crippen LogP contribution in [0.3, 0.4) is 0 Å². The molecule has 1 aliphatic heterocycles. The summed E-state index contributed by atoms with van der Waals surface area (Å²) in [5.74, 6) is 1.45. The molecule has 128 valence electrons. The van der Waals surface area contributed by atoms with Gasteiger partial charge in [-0.2, -0.15) is 4.98 Å². The summed E-state index contributed by atoms with van der Waals surface area (Å²) in [5.41, 5.74) is 2.29. The van der Waals surface area contributed by atoms with Crippen LogP contribution in [0.15, 0.2) is 36.5 Å². The van der Waals surface area contributed by atoms with Gasteiger partial charge in [-0.15, -0.1) is 0 Å². The molecule has 1 aliphatic rings. The van der Waals surface area contributed by atoms with Gasteiger partial charge in [-0.3, -0.25) is 0 Å². The van der Waals surface area contributed by atoms with Crippen LogP contribution < -0.4 is 15.5 Å². The monoisotopic (exact) mass is 326 g/mol. The van der Waals surface area contributed by atoms with Crippen LogP contribution >= 0.6 is 0 Å². The summed E-state index contributed by atoms with van der Waals surface area (Å²) >= 11 is 0. The summed E-state index contributed by atoms with van der Waals surface area (Å²) < 4.78 is 0. The van der Waals surface area contributed by atoms with Gasteiger partial charge in [0.15, 0.2) is 0 Å². The van der Waals surface area contributed by atoms with Crippen molar-refractivity contribution in [2.45, 2.75) is 12.8 Å². The number of hydrogen-bond donors (Lipinski definition) is 2. The molecule has 2 heterocycles. The van der Waals surface area contributed by atoms with Crippen molar-refractivity contribution in [1.82, 2.24) is 14.9 Å². The molecular weight excluding hydrogens is 300 g/mol. The molecule has 3 rings (SSSR count). The average Bonchev–Trinajstić information content (AvgIpc) is 3.10. The van der Waals surface area contributed by atoms with E-state index in [2.05, 4.69) is 68.8 Å². The Morgan fingerprint density at radius 3 is 2.54 bits per heavy atom. The molecule has 0 bridgehead atoms. The van der Waals surface area contributed by atoms with E-state index < -0.39 is 0 Å². The summed E-state index contributed by atoms with van der Waals surface area (Å²) in [7, 11) is 4.11. The van der Waals surface area contributed by atoms with E-state index in [0.29, 0.717) is 5.95 Å². The summed E-state index contributed by atoms with van der Waals surface area (Å²) in [6.45, 7) is 4.14. The highest BCUT2D eigenvalue weighted by atomic mass is 15.2. The Balaban J connectivity index is 1.58. The number of rotatable bonds is 7. The lowest BCUT2D eigenvalue weighted by atomic mass is 10.2. The molecule has 6 nitrogen and oxygen atoms in total. The van der Waals surface area contributed by atoms with E-state index >= 15 is 0 Å². The number of nitrogens with one attached hydrogen (secondary N) is 2. The Labute approximate surface area is 143 Å². The molecule has 6 heteroatoms. The zero-order chi connectivity index (χ0) is 16.8. The smallest absolute Gasteiger partial charge is 0.229 e. The van der Waals surface area contributed by atoms with Gasteiger partial charge in [-0.05, 0) is 57.3 Å². The molecule has 0 aliphatic carbocycles. The van der Waals surface area contributed by atoms with Gasteiger partial charge in [0, 0.05) is 43.8 Å². The van der Waals surface area contributed by atoms with Crippen molar-refractivity contribution in [3.8, 4) is 0 Å². The van der Waals surface area contributed by atoms with Crippen molar-refractivity contribution in [2.24, 2.45) is 0 Å². The SMILES string of the molecule is CN(C)CCNc1ccnc(Nc2ccc(N3CCCC3)cc2)n1. The minimum absolute atomic E-state index is 0.610. The Bertz CT molecular complexity index is 634. The first-order chi connectivity index (χ1) is 11.7. The predicted molar refractivity (Wildman–Crippen MR) is 100 cm³/mol. The van der Waals surface area contributed by atoms with Gasteiger partial charge < -0.3 is 20.4 Å². The van der Waals surface area contributed by atoms with Gasteiger partial charge >= 0.3 is 0 Å². The first kappa shape index (κ1) is 16.5. The minimum atomic E-state index is 0.610. The molecule has 2 N–H and O–H groups in total. The second-order valence-corrected chi connectivity index (χ2v) is 6.36. The maximum absolute atomic E-state index is 4.50. The van der Waals surface area contributed by atoms with Crippen LogP contribution in [0, 0.1) is 0 Å². The zero-order valence-corrected chi connectivity index (χ0v) is 14.5. The van der Waals surface area contributed by atoms with Crippen molar-refractivity contribution < 1.29 is 0 Å². The van der Waals surface area contributed by atoms with Crippen molar-refractivity contribution in [1.29, 1.82) is 0 Å². The van der Waals surface area contributed by atoms with Crippen LogP contribution in [0.1, 0.15) is 12.8 Å². The van der Waals surface area contributed by atoms with E-state index in [1.54, 1.807) is 6.20 Å². The van der Waals surface area contributed by atoms with Crippen LogP contribution in [0.25, 0.3) is 0 Å². The third-order valence-corrected chi connectivity index (χ3v) is 4.12. The fourth-order valence-corrected chi connectivity index (χ4v) is 2.78. The van der Waals surface area contributed by atoms with Gasteiger partial charge in [-0.1, -0.05) is 0 Å². The third-order valence-electron chi connectivity index (χ3n) is 4.12. The van der Waals surface area contributed by atoms with E-state index in [4.69, 9.17) is 0 Å². The van der Waals surface area contributed by atoms with Crippen LogP contribution in [-0.4, -0.2) is 55.1 Å². The largest absolute Gasteiger partial charge is 0.372 e. The van der Waals surface area contributed by atoms with Crippen molar-refractivity contribution in [3.05, 3.63) is 36.5 Å². The lowest BCUT2D eigenvalue weighted by Crippen LogP contribution is -2.21. The topological polar surface area (TPSA) is 56.3 Å². The van der Waals surface area contributed by atoms with E-state index in [9.17, 15) is 0 Å². The standard InChI is InChI=1S/C18H26N6/c1-23(2)14-11-19-17-9-10-20-18(22-17)21-15-5-7-16(8-6-15)24-12-3-4-13-24/h5-10H,3-4,11-14H2,1-2H3,(H2,19,20,21,22). The Morgan fingerprint density at radius 2 is 1.83 bits per heavy atom. The van der Waals surface area contributed by atoms with Crippen molar-refractivity contribution >= 4 is 23.1 Å². The Hall–Kier alpha value is -2.34. The highest BCUT2D eigenvalue weighted by Crippen LogP contribution is 2.23. The summed E-state index contributed by atoms with van der Waals surface area (Å²) in [5, 5.41) is 6.58. The van der Waals surface area contributed by atoms with Crippen LogP contribution in [-0.2, 0) is 0 Å². The van der Waals surface area contributed by atoms with Gasteiger partial charge in [0.25, 0.3) is 0 Å². The normalized spacial score (nSPS) is 14.2. The fraction of sp³-hybridized carbons (Fsp3) is 0.444. The molecular formula is C18H26N6.